The lowest BCUT2D eigenvalue weighted by atomic mass is 9.81. The van der Waals surface area contributed by atoms with Gasteiger partial charge in [0.25, 0.3) is 0 Å². The molecule has 0 fully saturated rings. The van der Waals surface area contributed by atoms with Gasteiger partial charge < -0.3 is 5.73 Å². The van der Waals surface area contributed by atoms with Crippen molar-refractivity contribution in [1.82, 2.24) is 0 Å². The van der Waals surface area contributed by atoms with Crippen LogP contribution in [0.5, 0.6) is 0 Å². The highest BCUT2D eigenvalue weighted by molar-refractivity contribution is 9.13. The third kappa shape index (κ3) is 2.53. The smallest absolute Gasteiger partial charge is 0.239 e. The van der Waals surface area contributed by atoms with Gasteiger partial charge in [-0.2, -0.15) is 0 Å². The summed E-state index contributed by atoms with van der Waals surface area (Å²) in [6, 6.07) is 0. The van der Waals surface area contributed by atoms with Gasteiger partial charge in [0, 0.05) is 0 Å². The van der Waals surface area contributed by atoms with Gasteiger partial charge in [0.05, 0.1) is 4.83 Å². The van der Waals surface area contributed by atoms with Crippen molar-refractivity contribution < 1.29 is 4.79 Å². The predicted octanol–water partition coefficient (Wildman–Crippen LogP) is 2.91. The van der Waals surface area contributed by atoms with Gasteiger partial charge in [0.2, 0.25) is 5.91 Å². The van der Waals surface area contributed by atoms with Crippen molar-refractivity contribution in [1.29, 1.82) is 0 Å². The molecule has 0 aliphatic heterocycles. The van der Waals surface area contributed by atoms with Gasteiger partial charge in [0.1, 0.15) is 4.32 Å². The second kappa shape index (κ2) is 4.06. The number of rotatable bonds is 1. The van der Waals surface area contributed by atoms with E-state index in [0.717, 1.165) is 0 Å². The molecule has 1 amide bonds. The zero-order valence-electron chi connectivity index (χ0n) is 9.05. The number of halogens is 2. The van der Waals surface area contributed by atoms with Crippen LogP contribution < -0.4 is 5.73 Å². The van der Waals surface area contributed by atoms with E-state index in [1.165, 1.54) is 5.57 Å². The van der Waals surface area contributed by atoms with E-state index >= 15 is 0 Å². The molecule has 2 atom stereocenters. The first-order valence-corrected chi connectivity index (χ1v) is 6.43. The molecule has 0 saturated heterocycles. The molecule has 2 nitrogen and oxygen atoms in total. The van der Waals surface area contributed by atoms with Crippen molar-refractivity contribution in [2.45, 2.75) is 29.9 Å². The van der Waals surface area contributed by atoms with Gasteiger partial charge in [-0.1, -0.05) is 70.9 Å². The summed E-state index contributed by atoms with van der Waals surface area (Å²) in [6.45, 7) is 6.40. The number of nitrogens with two attached hydrogens (primary N) is 1. The second-order valence-electron chi connectivity index (χ2n) is 4.74. The van der Waals surface area contributed by atoms with Crippen LogP contribution in [0.25, 0.3) is 0 Å². The summed E-state index contributed by atoms with van der Waals surface area (Å²) in [7, 11) is 0. The SMILES string of the molecule is CC(C)(C)C1=CC(Br)C(Br)(C(N)=O)C=C1. The normalized spacial score (nSPS) is 31.3. The van der Waals surface area contributed by atoms with E-state index < -0.39 is 4.32 Å². The van der Waals surface area contributed by atoms with E-state index in [4.69, 9.17) is 5.73 Å². The van der Waals surface area contributed by atoms with Gasteiger partial charge >= 0.3 is 0 Å². The van der Waals surface area contributed by atoms with Gasteiger partial charge in [-0.15, -0.1) is 0 Å². The Hall–Kier alpha value is -0.0900. The molecule has 2 unspecified atom stereocenters. The van der Waals surface area contributed by atoms with Crippen molar-refractivity contribution in [3.8, 4) is 0 Å². The molecule has 0 aromatic carbocycles. The van der Waals surface area contributed by atoms with Crippen LogP contribution in [-0.4, -0.2) is 15.1 Å². The first-order valence-electron chi connectivity index (χ1n) is 4.72. The quantitative estimate of drug-likeness (QED) is 0.735. The molecule has 0 heterocycles. The number of carbonyl (C=O) groups is 1. The number of amides is 1. The first kappa shape index (κ1) is 13.0. The highest BCUT2D eigenvalue weighted by atomic mass is 79.9. The Balaban J connectivity index is 3.04. The molecule has 0 aromatic heterocycles. The van der Waals surface area contributed by atoms with Crippen molar-refractivity contribution in [2.24, 2.45) is 11.1 Å². The van der Waals surface area contributed by atoms with E-state index in [-0.39, 0.29) is 16.1 Å². The summed E-state index contributed by atoms with van der Waals surface area (Å²) in [6.07, 6.45) is 5.80. The molecule has 1 aliphatic carbocycles. The molecular weight excluding hydrogens is 322 g/mol. The Kier molecular flexibility index (Phi) is 3.51. The molecule has 0 radical (unpaired) electrons. The number of carbonyl (C=O) groups excluding carboxylic acids is 1. The van der Waals surface area contributed by atoms with E-state index in [2.05, 4.69) is 52.6 Å². The molecule has 0 saturated carbocycles. The van der Waals surface area contributed by atoms with Crippen molar-refractivity contribution >= 4 is 37.8 Å². The Morgan fingerprint density at radius 3 is 2.40 bits per heavy atom. The Morgan fingerprint density at radius 2 is 2.07 bits per heavy atom. The second-order valence-corrected chi connectivity index (χ2v) is 7.04. The molecule has 15 heavy (non-hydrogen) atoms. The fourth-order valence-corrected chi connectivity index (χ4v) is 2.28. The van der Waals surface area contributed by atoms with Crippen LogP contribution in [-0.2, 0) is 4.79 Å². The van der Waals surface area contributed by atoms with Gasteiger partial charge in [-0.05, 0) is 11.0 Å². The number of allylic oxidation sites excluding steroid dienone is 3. The minimum atomic E-state index is -0.804. The third-order valence-corrected chi connectivity index (χ3v) is 5.23. The zero-order valence-corrected chi connectivity index (χ0v) is 12.2. The van der Waals surface area contributed by atoms with Crippen molar-refractivity contribution in [3.63, 3.8) is 0 Å². The number of hydrogen-bond acceptors (Lipinski definition) is 1. The van der Waals surface area contributed by atoms with Crippen LogP contribution in [0.2, 0.25) is 0 Å². The average Bonchev–Trinajstić information content (AvgIpc) is 2.07. The monoisotopic (exact) mass is 335 g/mol. The molecule has 0 bridgehead atoms. The van der Waals surface area contributed by atoms with Gasteiger partial charge in [-0.3, -0.25) is 4.79 Å². The van der Waals surface area contributed by atoms with Crippen LogP contribution >= 0.6 is 31.9 Å². The maximum Gasteiger partial charge on any atom is 0.239 e. The minimum Gasteiger partial charge on any atom is -0.368 e. The Morgan fingerprint density at radius 1 is 1.53 bits per heavy atom. The molecule has 4 heteroatoms. The minimum absolute atomic E-state index is 0.0779. The molecule has 1 aliphatic rings. The standard InChI is InChI=1S/C11H15Br2NO/c1-10(2,3)7-4-5-11(13,9(14)15)8(12)6-7/h4-6,8H,1-3H3,(H2,14,15). The van der Waals surface area contributed by atoms with Gasteiger partial charge in [0.15, 0.2) is 0 Å². The van der Waals surface area contributed by atoms with E-state index in [9.17, 15) is 4.79 Å². The molecule has 0 aromatic rings. The maximum atomic E-state index is 11.3. The van der Waals surface area contributed by atoms with Crippen LogP contribution in [0.1, 0.15) is 20.8 Å². The summed E-state index contributed by atoms with van der Waals surface area (Å²) in [4.78, 5) is 11.2. The van der Waals surface area contributed by atoms with Crippen LogP contribution in [0.15, 0.2) is 23.8 Å². The van der Waals surface area contributed by atoms with E-state index in [1.54, 1.807) is 0 Å². The molecule has 0 spiro atoms. The molecule has 84 valence electrons. The van der Waals surface area contributed by atoms with Crippen molar-refractivity contribution in [2.75, 3.05) is 0 Å². The lowest BCUT2D eigenvalue weighted by Gasteiger charge is -2.31. The van der Waals surface area contributed by atoms with E-state index in [1.807, 2.05) is 18.2 Å². The Bertz CT molecular complexity index is 341. The first-order chi connectivity index (χ1) is 6.68. The summed E-state index contributed by atoms with van der Waals surface area (Å²) in [5.41, 5.74) is 6.62. The van der Waals surface area contributed by atoms with Gasteiger partial charge in [-0.25, -0.2) is 0 Å². The Labute approximate surface area is 107 Å². The highest BCUT2D eigenvalue weighted by Crippen LogP contribution is 2.39. The average molecular weight is 337 g/mol. The number of primary amides is 1. The van der Waals surface area contributed by atoms with E-state index in [0.29, 0.717) is 0 Å². The largest absolute Gasteiger partial charge is 0.368 e. The fourth-order valence-electron chi connectivity index (χ4n) is 1.36. The highest BCUT2D eigenvalue weighted by Gasteiger charge is 2.40. The fraction of sp³-hybridized carbons (Fsp3) is 0.545. The number of alkyl halides is 2. The molecular formula is C11H15Br2NO. The predicted molar refractivity (Wildman–Crippen MR) is 70.2 cm³/mol. The van der Waals surface area contributed by atoms with Crippen LogP contribution in [0, 0.1) is 5.41 Å². The maximum absolute atomic E-state index is 11.3. The summed E-state index contributed by atoms with van der Waals surface area (Å²) >= 11 is 6.84. The zero-order chi connectivity index (χ0) is 11.9. The van der Waals surface area contributed by atoms with Crippen molar-refractivity contribution in [3.05, 3.63) is 23.8 Å². The lowest BCUT2D eigenvalue weighted by molar-refractivity contribution is -0.118. The number of hydrogen-bond donors (Lipinski definition) is 1. The third-order valence-electron chi connectivity index (χ3n) is 2.48. The molecule has 1 rings (SSSR count). The topological polar surface area (TPSA) is 43.1 Å². The molecule has 2 N–H and O–H groups in total. The van der Waals surface area contributed by atoms with Crippen LogP contribution in [0.4, 0.5) is 0 Å². The lowest BCUT2D eigenvalue weighted by Crippen LogP contribution is -2.44. The van der Waals surface area contributed by atoms with Crippen LogP contribution in [0.3, 0.4) is 0 Å². The summed E-state index contributed by atoms with van der Waals surface area (Å²) in [5, 5.41) is 0. The summed E-state index contributed by atoms with van der Waals surface area (Å²) in [5.74, 6) is -0.384. The summed E-state index contributed by atoms with van der Waals surface area (Å²) < 4.78 is -0.804.